The van der Waals surface area contributed by atoms with Crippen LogP contribution in [0.25, 0.3) is 0 Å². The molecule has 0 bridgehead atoms. The Bertz CT molecular complexity index is 33.0. The Morgan fingerprint density at radius 1 is 1.67 bits per heavy atom. The van der Waals surface area contributed by atoms with Crippen LogP contribution < -0.4 is 5.73 Å². The van der Waals surface area contributed by atoms with Gasteiger partial charge in [0.05, 0.1) is 0 Å². The van der Waals surface area contributed by atoms with E-state index in [-0.39, 0.29) is 29.6 Å². The van der Waals surface area contributed by atoms with Gasteiger partial charge in [0.15, 0.2) is 0 Å². The number of rotatable bonds is 0. The quantitative estimate of drug-likeness (QED) is 0.354. The van der Waals surface area contributed by atoms with Gasteiger partial charge in [0.25, 0.3) is 0 Å². The van der Waals surface area contributed by atoms with Crippen molar-refractivity contribution < 1.29 is 0 Å². The summed E-state index contributed by atoms with van der Waals surface area (Å²) in [4.78, 5) is 0. The molecule has 0 atom stereocenters. The van der Waals surface area contributed by atoms with Crippen LogP contribution in [-0.4, -0.2) is 44.5 Å². The van der Waals surface area contributed by atoms with E-state index in [1.54, 1.807) is 5.97 Å². The molecule has 0 aliphatic heterocycles. The van der Waals surface area contributed by atoms with Crippen LogP contribution in [0.3, 0.4) is 0 Å². The molecular formula is C2H8BN2Na. The van der Waals surface area contributed by atoms with Crippen LogP contribution in [0.4, 0.5) is 0 Å². The van der Waals surface area contributed by atoms with E-state index in [4.69, 9.17) is 5.26 Å². The maximum absolute atomic E-state index is 7.32. The Hall–Kier alpha value is 0.515. The van der Waals surface area contributed by atoms with Gasteiger partial charge in [-0.1, -0.05) is 0 Å². The predicted octanol–water partition coefficient (Wildman–Crippen LogP) is -1.97. The first kappa shape index (κ1) is 16.0. The number of hydrogen-bond donors (Lipinski definition) is 1. The molecule has 0 aromatic carbocycles. The molecule has 0 aliphatic rings. The Kier molecular flexibility index (Phi) is 131. The molecule has 30 valence electrons. The summed E-state index contributed by atoms with van der Waals surface area (Å²) in [5.74, 6) is 1.75. The zero-order chi connectivity index (χ0) is 4.71. The molecule has 0 unspecified atom stereocenters. The summed E-state index contributed by atoms with van der Waals surface area (Å²) >= 11 is 0. The fraction of sp³-hybridized carbons (Fsp3) is 0.500. The van der Waals surface area contributed by atoms with Crippen molar-refractivity contribution in [3.05, 3.63) is 0 Å². The normalized spacial score (nSPS) is 2.17. The third kappa shape index (κ3) is 210. The van der Waals surface area contributed by atoms with Crippen LogP contribution in [0.2, 0.25) is 0 Å². The average molecular weight is 93.9 g/mol. The van der Waals surface area contributed by atoms with Crippen molar-refractivity contribution in [3.8, 4) is 5.97 Å². The zero-order valence-electron chi connectivity index (χ0n) is 3.52. The third-order valence-electron chi connectivity index (χ3n) is 0. The van der Waals surface area contributed by atoms with Gasteiger partial charge in [0.2, 0.25) is 7.85 Å². The van der Waals surface area contributed by atoms with E-state index in [2.05, 4.69) is 5.73 Å². The first-order valence-corrected chi connectivity index (χ1v) is 1.30. The van der Waals surface area contributed by atoms with E-state index >= 15 is 0 Å². The fourth-order valence-electron chi connectivity index (χ4n) is 0. The van der Waals surface area contributed by atoms with E-state index in [0.717, 1.165) is 0 Å². The minimum absolute atomic E-state index is 0. The van der Waals surface area contributed by atoms with Crippen LogP contribution in [0.1, 0.15) is 0 Å². The summed E-state index contributed by atoms with van der Waals surface area (Å²) in [6.45, 7) is 0. The summed E-state index contributed by atoms with van der Waals surface area (Å²) in [5.41, 5.74) is 4.50. The molecule has 0 radical (unpaired) electrons. The van der Waals surface area contributed by atoms with Crippen LogP contribution >= 0.6 is 0 Å². The van der Waals surface area contributed by atoms with Gasteiger partial charge >= 0.3 is 29.6 Å². The fourth-order valence-corrected chi connectivity index (χ4v) is 0. The summed E-state index contributed by atoms with van der Waals surface area (Å²) in [6, 6.07) is 0. The van der Waals surface area contributed by atoms with E-state index in [1.165, 1.54) is 14.9 Å². The van der Waals surface area contributed by atoms with Gasteiger partial charge < -0.3 is 5.73 Å². The second-order valence-corrected chi connectivity index (χ2v) is 0.224. The first-order chi connectivity index (χ1) is 2.41. The minimum atomic E-state index is 0. The Morgan fingerprint density at radius 3 is 1.67 bits per heavy atom. The van der Waals surface area contributed by atoms with Crippen molar-refractivity contribution in [1.29, 1.82) is 5.26 Å². The predicted molar refractivity (Wildman–Crippen MR) is 31.4 cm³/mol. The molecule has 0 rings (SSSR count). The number of hydrogen-bond acceptors (Lipinski definition) is 2. The molecule has 2 nitrogen and oxygen atoms in total. The van der Waals surface area contributed by atoms with Crippen molar-refractivity contribution in [2.45, 2.75) is 0 Å². The van der Waals surface area contributed by atoms with Gasteiger partial charge in [-0.2, -0.15) is 0 Å². The molecular weight excluding hydrogens is 85.8 g/mol. The van der Waals surface area contributed by atoms with E-state index < -0.39 is 0 Å². The molecule has 0 spiro atoms. The molecule has 6 heavy (non-hydrogen) atoms. The van der Waals surface area contributed by atoms with E-state index in [9.17, 15) is 0 Å². The van der Waals surface area contributed by atoms with Crippen LogP contribution in [0.5, 0.6) is 0 Å². The monoisotopic (exact) mass is 94.1 g/mol. The molecule has 0 aliphatic carbocycles. The number of nitrogens with two attached hydrogens (primary N) is 1. The summed E-state index contributed by atoms with van der Waals surface area (Å²) in [5, 5.41) is 7.32. The van der Waals surface area contributed by atoms with Crippen LogP contribution in [-0.2, 0) is 0 Å². The van der Waals surface area contributed by atoms with E-state index in [1.807, 2.05) is 0 Å². The molecule has 0 saturated carbocycles. The molecule has 0 aromatic heterocycles. The Balaban J connectivity index is -0.0000000275. The SMILES string of the molecule is BC#N.CN.[NaH]. The van der Waals surface area contributed by atoms with Crippen molar-refractivity contribution in [1.82, 2.24) is 0 Å². The standard InChI is InChI=1S/CH2BN.CH5N.Na.H/c2-1-3;1-2;;/h2H2;2H2,1H3;;. The van der Waals surface area contributed by atoms with Gasteiger partial charge in [-0.05, 0) is 13.0 Å². The van der Waals surface area contributed by atoms with Crippen LogP contribution in [0.15, 0.2) is 0 Å². The molecule has 4 heteroatoms. The van der Waals surface area contributed by atoms with Gasteiger partial charge in [-0.3, -0.25) is 0 Å². The van der Waals surface area contributed by atoms with Crippen molar-refractivity contribution in [2.75, 3.05) is 7.05 Å². The molecule has 2 N–H and O–H groups in total. The molecule has 0 heterocycles. The van der Waals surface area contributed by atoms with Gasteiger partial charge in [-0.25, -0.2) is 5.26 Å². The van der Waals surface area contributed by atoms with Gasteiger partial charge in [-0.15, -0.1) is 0 Å². The summed E-state index contributed by atoms with van der Waals surface area (Å²) < 4.78 is 0. The van der Waals surface area contributed by atoms with Gasteiger partial charge in [0, 0.05) is 0 Å². The molecule has 0 amide bonds. The maximum atomic E-state index is 7.32. The van der Waals surface area contributed by atoms with Crippen LogP contribution in [0, 0.1) is 11.2 Å². The van der Waals surface area contributed by atoms with Crippen molar-refractivity contribution in [2.24, 2.45) is 5.73 Å². The molecule has 0 saturated heterocycles. The Morgan fingerprint density at radius 2 is 1.67 bits per heavy atom. The second-order valence-electron chi connectivity index (χ2n) is 0.224. The summed E-state index contributed by atoms with van der Waals surface area (Å²) in [7, 11) is 2.93. The van der Waals surface area contributed by atoms with E-state index in [0.29, 0.717) is 0 Å². The van der Waals surface area contributed by atoms with Crippen molar-refractivity contribution >= 4 is 37.4 Å². The number of nitrogens with zero attached hydrogens (tertiary/aromatic N) is 1. The molecule has 0 fully saturated rings. The third-order valence-corrected chi connectivity index (χ3v) is 0. The second kappa shape index (κ2) is 49.0. The average Bonchev–Trinajstić information content (AvgIpc) is 1.46. The zero-order valence-corrected chi connectivity index (χ0v) is 3.52. The van der Waals surface area contributed by atoms with Crippen molar-refractivity contribution in [3.63, 3.8) is 0 Å². The molecule has 0 aromatic rings. The topological polar surface area (TPSA) is 49.8 Å². The summed E-state index contributed by atoms with van der Waals surface area (Å²) in [6.07, 6.45) is 0. The Labute approximate surface area is 61.4 Å². The first-order valence-electron chi connectivity index (χ1n) is 1.30. The van der Waals surface area contributed by atoms with Gasteiger partial charge in [0.1, 0.15) is 0 Å². The number of nitriles is 1.